The Morgan fingerprint density at radius 1 is 1.46 bits per heavy atom. The molecule has 0 saturated heterocycles. The fourth-order valence-electron chi connectivity index (χ4n) is 1.04. The van der Waals surface area contributed by atoms with Gasteiger partial charge in [0.15, 0.2) is 5.06 Å². The van der Waals surface area contributed by atoms with Gasteiger partial charge in [-0.25, -0.2) is 0 Å². The molecule has 1 rings (SSSR count). The van der Waals surface area contributed by atoms with Gasteiger partial charge in [0.05, 0.1) is 0 Å². The van der Waals surface area contributed by atoms with Crippen LogP contribution < -0.4 is 4.65 Å². The molecule has 0 aliphatic rings. The highest BCUT2D eigenvalue weighted by Crippen LogP contribution is 2.26. The lowest BCUT2D eigenvalue weighted by Gasteiger charge is -2.00. The standard InChI is InChI=1S/C8H13BO3S/c1-6(2)5-7-3-4-8(13-7)12-9(10)11/h3-4,6,10-11H,5H2,1-2H3. The molecule has 0 bridgehead atoms. The fraction of sp³-hybridized carbons (Fsp3) is 0.500. The molecule has 1 heterocycles. The van der Waals surface area contributed by atoms with Crippen molar-refractivity contribution < 1.29 is 14.7 Å². The molecule has 0 atom stereocenters. The Morgan fingerprint density at radius 3 is 2.69 bits per heavy atom. The molecular weight excluding hydrogens is 187 g/mol. The first kappa shape index (κ1) is 10.6. The van der Waals surface area contributed by atoms with Gasteiger partial charge in [-0.05, 0) is 24.5 Å². The Hall–Kier alpha value is -0.515. The van der Waals surface area contributed by atoms with E-state index in [0.717, 1.165) is 6.42 Å². The van der Waals surface area contributed by atoms with Crippen LogP contribution in [0.5, 0.6) is 5.06 Å². The molecule has 0 radical (unpaired) electrons. The van der Waals surface area contributed by atoms with Crippen LogP contribution in [0.15, 0.2) is 12.1 Å². The van der Waals surface area contributed by atoms with E-state index in [1.165, 1.54) is 16.2 Å². The predicted molar refractivity (Wildman–Crippen MR) is 53.7 cm³/mol. The lowest BCUT2D eigenvalue weighted by Crippen LogP contribution is -2.19. The molecule has 1 aromatic rings. The first-order valence-corrected chi connectivity index (χ1v) is 5.01. The van der Waals surface area contributed by atoms with Crippen LogP contribution in [0.1, 0.15) is 18.7 Å². The van der Waals surface area contributed by atoms with Crippen molar-refractivity contribution in [3.8, 4) is 5.06 Å². The largest absolute Gasteiger partial charge is 0.708 e. The van der Waals surface area contributed by atoms with Gasteiger partial charge in [0, 0.05) is 4.88 Å². The lowest BCUT2D eigenvalue weighted by atomic mass is 10.1. The smallest absolute Gasteiger partial charge is 0.504 e. The van der Waals surface area contributed by atoms with Crippen LogP contribution in [-0.2, 0) is 6.42 Å². The molecule has 0 saturated carbocycles. The van der Waals surface area contributed by atoms with Crippen LogP contribution in [0.25, 0.3) is 0 Å². The zero-order chi connectivity index (χ0) is 9.84. The van der Waals surface area contributed by atoms with Gasteiger partial charge in [-0.15, -0.1) is 11.3 Å². The molecule has 3 nitrogen and oxygen atoms in total. The molecule has 1 aromatic heterocycles. The summed E-state index contributed by atoms with van der Waals surface area (Å²) in [5.74, 6) is 0.602. The highest BCUT2D eigenvalue weighted by molar-refractivity contribution is 7.14. The molecule has 0 spiro atoms. The van der Waals surface area contributed by atoms with E-state index in [4.69, 9.17) is 14.7 Å². The van der Waals surface area contributed by atoms with Gasteiger partial charge in [-0.3, -0.25) is 0 Å². The number of hydrogen-bond donors (Lipinski definition) is 2. The van der Waals surface area contributed by atoms with E-state index in [1.54, 1.807) is 6.07 Å². The highest BCUT2D eigenvalue weighted by Gasteiger charge is 2.12. The molecule has 0 aliphatic heterocycles. The quantitative estimate of drug-likeness (QED) is 0.720. The molecule has 0 fully saturated rings. The minimum Gasteiger partial charge on any atom is -0.504 e. The Labute approximate surface area is 82.2 Å². The van der Waals surface area contributed by atoms with Gasteiger partial charge in [0.1, 0.15) is 0 Å². The van der Waals surface area contributed by atoms with Gasteiger partial charge in [0.2, 0.25) is 0 Å². The molecule has 72 valence electrons. The second-order valence-electron chi connectivity index (χ2n) is 3.26. The minimum atomic E-state index is -1.72. The number of rotatable bonds is 4. The van der Waals surface area contributed by atoms with E-state index in [2.05, 4.69) is 13.8 Å². The Bertz CT molecular complexity index is 235. The van der Waals surface area contributed by atoms with Crippen LogP contribution in [-0.4, -0.2) is 17.4 Å². The van der Waals surface area contributed by atoms with Crippen molar-refractivity contribution in [2.24, 2.45) is 5.92 Å². The number of hydrogen-bond acceptors (Lipinski definition) is 4. The zero-order valence-corrected chi connectivity index (χ0v) is 8.54. The average Bonchev–Trinajstić information content (AvgIpc) is 2.33. The highest BCUT2D eigenvalue weighted by atomic mass is 32.1. The number of thiophene rings is 1. The van der Waals surface area contributed by atoms with Crippen molar-refractivity contribution in [3.05, 3.63) is 17.0 Å². The Morgan fingerprint density at radius 2 is 2.15 bits per heavy atom. The Kier molecular flexibility index (Phi) is 3.78. The van der Waals surface area contributed by atoms with Crippen LogP contribution >= 0.6 is 11.3 Å². The summed E-state index contributed by atoms with van der Waals surface area (Å²) in [4.78, 5) is 1.20. The van der Waals surface area contributed by atoms with Gasteiger partial charge in [-0.1, -0.05) is 13.8 Å². The summed E-state index contributed by atoms with van der Waals surface area (Å²) < 4.78 is 4.71. The third-order valence-electron chi connectivity index (χ3n) is 1.47. The fourth-order valence-corrected chi connectivity index (χ4v) is 2.12. The van der Waals surface area contributed by atoms with Gasteiger partial charge >= 0.3 is 7.32 Å². The monoisotopic (exact) mass is 200 g/mol. The van der Waals surface area contributed by atoms with E-state index in [1.807, 2.05) is 6.07 Å². The molecule has 0 unspecified atom stereocenters. The van der Waals surface area contributed by atoms with Gasteiger partial charge in [-0.2, -0.15) is 0 Å². The summed E-state index contributed by atoms with van der Waals surface area (Å²) in [5, 5.41) is 17.6. The van der Waals surface area contributed by atoms with Crippen molar-refractivity contribution in [1.82, 2.24) is 0 Å². The molecule has 0 amide bonds. The summed E-state index contributed by atoms with van der Waals surface area (Å²) in [6.45, 7) is 4.28. The van der Waals surface area contributed by atoms with E-state index >= 15 is 0 Å². The van der Waals surface area contributed by atoms with Gasteiger partial charge < -0.3 is 14.7 Å². The molecule has 5 heteroatoms. The third kappa shape index (κ3) is 3.80. The first-order valence-electron chi connectivity index (χ1n) is 4.19. The summed E-state index contributed by atoms with van der Waals surface area (Å²) in [5.41, 5.74) is 0. The summed E-state index contributed by atoms with van der Waals surface area (Å²) in [6.07, 6.45) is 0.996. The first-order chi connectivity index (χ1) is 6.08. The van der Waals surface area contributed by atoms with Crippen LogP contribution in [0.4, 0.5) is 0 Å². The summed E-state index contributed by atoms with van der Waals surface area (Å²) >= 11 is 1.45. The second kappa shape index (κ2) is 4.65. The molecular formula is C8H13BO3S. The molecule has 2 N–H and O–H groups in total. The van der Waals surface area contributed by atoms with E-state index in [0.29, 0.717) is 11.0 Å². The normalized spacial score (nSPS) is 10.5. The average molecular weight is 200 g/mol. The maximum Gasteiger partial charge on any atom is 0.708 e. The van der Waals surface area contributed by atoms with E-state index in [-0.39, 0.29) is 0 Å². The van der Waals surface area contributed by atoms with Crippen LogP contribution in [0, 0.1) is 5.92 Å². The van der Waals surface area contributed by atoms with Crippen molar-refractivity contribution in [3.63, 3.8) is 0 Å². The van der Waals surface area contributed by atoms with Crippen molar-refractivity contribution in [2.75, 3.05) is 0 Å². The van der Waals surface area contributed by atoms with Gasteiger partial charge in [0.25, 0.3) is 0 Å². The van der Waals surface area contributed by atoms with E-state index < -0.39 is 7.32 Å². The van der Waals surface area contributed by atoms with Crippen LogP contribution in [0.2, 0.25) is 0 Å². The lowest BCUT2D eigenvalue weighted by molar-refractivity contribution is 0.292. The van der Waals surface area contributed by atoms with E-state index in [9.17, 15) is 0 Å². The predicted octanol–water partition coefficient (Wildman–Crippen LogP) is 1.29. The molecule has 13 heavy (non-hydrogen) atoms. The summed E-state index contributed by atoms with van der Waals surface area (Å²) in [7, 11) is -1.72. The maximum atomic E-state index is 8.54. The summed E-state index contributed by atoms with van der Waals surface area (Å²) in [6, 6.07) is 3.70. The Balaban J connectivity index is 2.53. The SMILES string of the molecule is CC(C)Cc1ccc(OB(O)O)s1. The van der Waals surface area contributed by atoms with Crippen molar-refractivity contribution >= 4 is 18.7 Å². The minimum absolute atomic E-state index is 0.547. The van der Waals surface area contributed by atoms with Crippen LogP contribution in [0.3, 0.4) is 0 Å². The topological polar surface area (TPSA) is 49.7 Å². The third-order valence-corrected chi connectivity index (χ3v) is 2.47. The zero-order valence-electron chi connectivity index (χ0n) is 7.73. The second-order valence-corrected chi connectivity index (χ2v) is 4.39. The molecule has 0 aromatic carbocycles. The van der Waals surface area contributed by atoms with Crippen molar-refractivity contribution in [2.45, 2.75) is 20.3 Å². The van der Waals surface area contributed by atoms with Crippen molar-refractivity contribution in [1.29, 1.82) is 0 Å². The molecule has 0 aliphatic carbocycles. The maximum absolute atomic E-state index is 8.54.